The van der Waals surface area contributed by atoms with Gasteiger partial charge in [0.25, 0.3) is 5.91 Å². The van der Waals surface area contributed by atoms with E-state index in [-0.39, 0.29) is 17.4 Å². The Labute approximate surface area is 171 Å². The van der Waals surface area contributed by atoms with Gasteiger partial charge in [0.15, 0.2) is 0 Å². The number of rotatable bonds is 6. The molecule has 0 aromatic carbocycles. The van der Waals surface area contributed by atoms with Crippen molar-refractivity contribution in [2.45, 2.75) is 104 Å². The first-order valence-electron chi connectivity index (χ1n) is 10.5. The topological polar surface area (TPSA) is 65.1 Å². The molecule has 2 atom stereocenters. The van der Waals surface area contributed by atoms with E-state index < -0.39 is 26.1 Å². The van der Waals surface area contributed by atoms with Crippen LogP contribution in [0.15, 0.2) is 0 Å². The van der Waals surface area contributed by atoms with Gasteiger partial charge in [-0.2, -0.15) is 0 Å². The second-order valence-corrected chi connectivity index (χ2v) is 16.0. The highest BCUT2D eigenvalue weighted by Crippen LogP contribution is 2.49. The third-order valence-corrected chi connectivity index (χ3v) is 12.3. The molecule has 2 heterocycles. The van der Waals surface area contributed by atoms with Gasteiger partial charge in [0, 0.05) is 5.41 Å². The summed E-state index contributed by atoms with van der Waals surface area (Å²) in [5.41, 5.74) is 0.142. The van der Waals surface area contributed by atoms with E-state index in [4.69, 9.17) is 13.9 Å². The Balaban J connectivity index is 2.35. The van der Waals surface area contributed by atoms with Crippen LogP contribution in [-0.2, 0) is 18.7 Å². The molecule has 0 N–H and O–H groups in total. The lowest BCUT2D eigenvalue weighted by Gasteiger charge is -2.58. The van der Waals surface area contributed by atoms with Crippen LogP contribution in [0.2, 0.25) is 16.6 Å². The van der Waals surface area contributed by atoms with Gasteiger partial charge >= 0.3 is 6.09 Å². The summed E-state index contributed by atoms with van der Waals surface area (Å²) in [4.78, 5) is 27.1. The Morgan fingerprint density at radius 1 is 1.11 bits per heavy atom. The second kappa shape index (κ2) is 7.72. The van der Waals surface area contributed by atoms with E-state index in [9.17, 15) is 9.59 Å². The summed E-state index contributed by atoms with van der Waals surface area (Å²) in [7, 11) is -2.26. The quantitative estimate of drug-likeness (QED) is 0.465. The molecule has 2 fully saturated rings. The van der Waals surface area contributed by atoms with Crippen LogP contribution in [0.1, 0.15) is 69.2 Å². The molecule has 0 spiro atoms. The molecule has 2 saturated heterocycles. The van der Waals surface area contributed by atoms with Crippen molar-refractivity contribution in [1.82, 2.24) is 4.90 Å². The molecule has 0 bridgehead atoms. The van der Waals surface area contributed by atoms with Crippen LogP contribution in [0.4, 0.5) is 4.79 Å². The summed E-state index contributed by atoms with van der Waals surface area (Å²) >= 11 is 0. The van der Waals surface area contributed by atoms with Crippen LogP contribution >= 0.6 is 0 Å². The van der Waals surface area contributed by atoms with E-state index in [0.717, 1.165) is 0 Å². The van der Waals surface area contributed by atoms with E-state index in [1.165, 1.54) is 4.90 Å². The molecule has 2 aliphatic rings. The zero-order chi connectivity index (χ0) is 21.7. The second-order valence-electron chi connectivity index (χ2n) is 10.6. The van der Waals surface area contributed by atoms with Crippen molar-refractivity contribution < 1.29 is 23.5 Å². The van der Waals surface area contributed by atoms with Gasteiger partial charge < -0.3 is 13.9 Å². The van der Waals surface area contributed by atoms with Gasteiger partial charge in [0.2, 0.25) is 8.32 Å². The van der Waals surface area contributed by atoms with Gasteiger partial charge in [-0.1, -0.05) is 48.5 Å². The molecular formula is C21H39NO5Si. The van der Waals surface area contributed by atoms with Crippen molar-refractivity contribution in [3.8, 4) is 0 Å². The minimum Gasteiger partial charge on any atom is -0.443 e. The van der Waals surface area contributed by atoms with Crippen LogP contribution < -0.4 is 0 Å². The highest BCUT2D eigenvalue weighted by atomic mass is 28.4. The van der Waals surface area contributed by atoms with E-state index in [2.05, 4.69) is 48.5 Å². The van der Waals surface area contributed by atoms with Gasteiger partial charge in [-0.25, -0.2) is 9.69 Å². The number of hydrogen-bond donors (Lipinski definition) is 0. The van der Waals surface area contributed by atoms with E-state index in [0.29, 0.717) is 29.8 Å². The average Bonchev–Trinajstić information content (AvgIpc) is 2.47. The monoisotopic (exact) mass is 413 g/mol. The third-order valence-electron chi connectivity index (χ3n) is 6.25. The molecule has 0 radical (unpaired) electrons. The fourth-order valence-electron chi connectivity index (χ4n) is 4.99. The number of β-lactam (4-membered cyclic amide) rings is 1. The van der Waals surface area contributed by atoms with Gasteiger partial charge in [0.1, 0.15) is 11.7 Å². The number of amides is 2. The maximum atomic E-state index is 13.1. The fourth-order valence-corrected chi connectivity index (χ4v) is 10.5. The van der Waals surface area contributed by atoms with Crippen molar-refractivity contribution in [3.63, 3.8) is 0 Å². The standard InChI is InChI=1S/C21H39NO5Si/c1-13(2)28(14(3)4,15(5)6)27-16-17(21(10)11-25-12-21)22(18(16)23)19(24)26-20(7,8)9/h13-17H,11-12H2,1-10H3/t16-,17-/m0/s1. The van der Waals surface area contributed by atoms with Crippen LogP contribution in [0.25, 0.3) is 0 Å². The smallest absolute Gasteiger partial charge is 0.417 e. The summed E-state index contributed by atoms with van der Waals surface area (Å²) in [6.07, 6.45) is -1.18. The number of nitrogens with zero attached hydrogens (tertiary/aromatic N) is 1. The van der Waals surface area contributed by atoms with Gasteiger partial charge in [0.05, 0.1) is 19.3 Å². The van der Waals surface area contributed by atoms with Crippen molar-refractivity contribution >= 4 is 20.3 Å². The maximum absolute atomic E-state index is 13.1. The summed E-state index contributed by atoms with van der Waals surface area (Å²) in [5, 5.41) is 0. The zero-order valence-electron chi connectivity index (χ0n) is 19.3. The first-order chi connectivity index (χ1) is 12.7. The van der Waals surface area contributed by atoms with Gasteiger partial charge in [-0.15, -0.1) is 0 Å². The first kappa shape index (κ1) is 23.4. The Kier molecular flexibility index (Phi) is 6.44. The molecular weight excluding hydrogens is 374 g/mol. The van der Waals surface area contributed by atoms with E-state index >= 15 is 0 Å². The molecule has 2 amide bonds. The molecule has 2 aliphatic heterocycles. The summed E-state index contributed by atoms with van der Waals surface area (Å²) < 4.78 is 17.8. The van der Waals surface area contributed by atoms with Gasteiger partial charge in [-0.3, -0.25) is 4.79 Å². The first-order valence-corrected chi connectivity index (χ1v) is 12.6. The molecule has 6 nitrogen and oxygen atoms in total. The largest absolute Gasteiger partial charge is 0.443 e. The number of likely N-dealkylation sites (tertiary alicyclic amines) is 1. The number of ether oxygens (including phenoxy) is 2. The number of hydrogen-bond acceptors (Lipinski definition) is 5. The van der Waals surface area contributed by atoms with Crippen LogP contribution in [0, 0.1) is 5.41 Å². The van der Waals surface area contributed by atoms with Crippen molar-refractivity contribution in [2.75, 3.05) is 13.2 Å². The number of carbonyl (C=O) groups is 2. The normalized spacial score (nSPS) is 25.2. The Bertz CT molecular complexity index is 585. The molecule has 7 heteroatoms. The molecule has 162 valence electrons. The SMILES string of the molecule is CC(C)[Si](O[C@@H]1C(=O)N(C(=O)OC(C)(C)C)[C@@H]1C1(C)COC1)(C(C)C)C(C)C. The predicted molar refractivity (Wildman–Crippen MR) is 112 cm³/mol. The molecule has 0 aromatic heterocycles. The molecule has 28 heavy (non-hydrogen) atoms. The lowest BCUT2D eigenvalue weighted by Crippen LogP contribution is -2.77. The highest BCUT2D eigenvalue weighted by Gasteiger charge is 2.65. The van der Waals surface area contributed by atoms with Crippen LogP contribution in [0.3, 0.4) is 0 Å². The van der Waals surface area contributed by atoms with E-state index in [1.54, 1.807) is 20.8 Å². The molecule has 0 unspecified atom stereocenters. The van der Waals surface area contributed by atoms with Crippen molar-refractivity contribution in [1.29, 1.82) is 0 Å². The maximum Gasteiger partial charge on any atom is 0.417 e. The van der Waals surface area contributed by atoms with Crippen LogP contribution in [0.5, 0.6) is 0 Å². The molecule has 2 rings (SSSR count). The minimum absolute atomic E-state index is 0.272. The molecule has 0 aliphatic carbocycles. The Hall–Kier alpha value is -0.923. The van der Waals surface area contributed by atoms with Crippen molar-refractivity contribution in [2.24, 2.45) is 5.41 Å². The minimum atomic E-state index is -2.26. The summed E-state index contributed by atoms with van der Waals surface area (Å²) in [5.74, 6) is -0.272. The lowest BCUT2D eigenvalue weighted by molar-refractivity contribution is -0.205. The van der Waals surface area contributed by atoms with Crippen LogP contribution in [-0.4, -0.2) is 56.2 Å². The zero-order valence-corrected chi connectivity index (χ0v) is 20.3. The molecule has 0 aromatic rings. The Morgan fingerprint density at radius 2 is 1.57 bits per heavy atom. The number of imide groups is 1. The predicted octanol–water partition coefficient (Wildman–Crippen LogP) is 4.73. The molecule has 0 saturated carbocycles. The third kappa shape index (κ3) is 3.90. The van der Waals surface area contributed by atoms with Gasteiger partial charge in [-0.05, 0) is 37.4 Å². The highest BCUT2D eigenvalue weighted by molar-refractivity contribution is 6.77. The lowest BCUT2D eigenvalue weighted by atomic mass is 9.72. The summed E-state index contributed by atoms with van der Waals surface area (Å²) in [6.45, 7) is 21.7. The summed E-state index contributed by atoms with van der Waals surface area (Å²) in [6, 6.07) is -0.341. The number of carbonyl (C=O) groups excluding carboxylic acids is 2. The van der Waals surface area contributed by atoms with Crippen molar-refractivity contribution in [3.05, 3.63) is 0 Å². The Morgan fingerprint density at radius 3 is 1.89 bits per heavy atom. The fraction of sp³-hybridized carbons (Fsp3) is 0.905. The van der Waals surface area contributed by atoms with E-state index in [1.807, 2.05) is 0 Å². The average molecular weight is 414 g/mol.